The molecule has 0 spiro atoms. The van der Waals surface area contributed by atoms with E-state index in [0.717, 1.165) is 25.2 Å². The molecular formula is C14H20N4. The fourth-order valence-corrected chi connectivity index (χ4v) is 2.17. The first-order valence-electron chi connectivity index (χ1n) is 6.30. The van der Waals surface area contributed by atoms with Crippen molar-refractivity contribution < 1.29 is 0 Å². The van der Waals surface area contributed by atoms with Crippen LogP contribution in [-0.2, 0) is 6.54 Å². The molecule has 0 aliphatic heterocycles. The summed E-state index contributed by atoms with van der Waals surface area (Å²) in [6.07, 6.45) is 1.86. The Kier molecular flexibility index (Phi) is 4.64. The number of fused-ring (bicyclic) bond motifs is 1. The van der Waals surface area contributed by atoms with Gasteiger partial charge in [0.2, 0.25) is 0 Å². The number of nitrogens with two attached hydrogens (primary N) is 2. The van der Waals surface area contributed by atoms with Crippen molar-refractivity contribution in [2.45, 2.75) is 6.54 Å². The van der Waals surface area contributed by atoms with E-state index in [9.17, 15) is 0 Å². The molecule has 1 aromatic carbocycles. The molecule has 4 N–H and O–H groups in total. The van der Waals surface area contributed by atoms with Crippen LogP contribution in [0.5, 0.6) is 0 Å². The number of hydrogen-bond donors (Lipinski definition) is 2. The maximum atomic E-state index is 5.63. The lowest BCUT2D eigenvalue weighted by Gasteiger charge is -2.21. The van der Waals surface area contributed by atoms with Crippen molar-refractivity contribution in [2.24, 2.45) is 11.5 Å². The van der Waals surface area contributed by atoms with Crippen LogP contribution in [0.4, 0.5) is 0 Å². The minimum absolute atomic E-state index is 0.656. The molecule has 2 rings (SSSR count). The SMILES string of the molecule is NCCN(CCN)Cc1ccnc2ccccc12. The zero-order chi connectivity index (χ0) is 12.8. The van der Waals surface area contributed by atoms with Crippen molar-refractivity contribution in [3.63, 3.8) is 0 Å². The molecule has 0 unspecified atom stereocenters. The average molecular weight is 244 g/mol. The number of nitrogens with zero attached hydrogens (tertiary/aromatic N) is 2. The number of aromatic nitrogens is 1. The molecule has 0 aliphatic carbocycles. The Morgan fingerprint density at radius 1 is 1.00 bits per heavy atom. The van der Waals surface area contributed by atoms with E-state index in [-0.39, 0.29) is 0 Å². The Morgan fingerprint density at radius 2 is 1.72 bits per heavy atom. The highest BCUT2D eigenvalue weighted by atomic mass is 15.1. The van der Waals surface area contributed by atoms with Gasteiger partial charge >= 0.3 is 0 Å². The molecule has 0 amide bonds. The highest BCUT2D eigenvalue weighted by Crippen LogP contribution is 2.17. The van der Waals surface area contributed by atoms with Gasteiger partial charge < -0.3 is 11.5 Å². The maximum absolute atomic E-state index is 5.63. The van der Waals surface area contributed by atoms with Gasteiger partial charge in [0.1, 0.15) is 0 Å². The van der Waals surface area contributed by atoms with Crippen LogP contribution in [0.2, 0.25) is 0 Å². The van der Waals surface area contributed by atoms with E-state index in [1.165, 1.54) is 10.9 Å². The summed E-state index contributed by atoms with van der Waals surface area (Å²) in [6.45, 7) is 3.92. The van der Waals surface area contributed by atoms with Gasteiger partial charge in [0, 0.05) is 44.3 Å². The van der Waals surface area contributed by atoms with Crippen LogP contribution in [0.3, 0.4) is 0 Å². The zero-order valence-corrected chi connectivity index (χ0v) is 10.5. The maximum Gasteiger partial charge on any atom is 0.0705 e. The fraction of sp³-hybridized carbons (Fsp3) is 0.357. The lowest BCUT2D eigenvalue weighted by Crippen LogP contribution is -2.33. The van der Waals surface area contributed by atoms with Crippen molar-refractivity contribution in [2.75, 3.05) is 26.2 Å². The first kappa shape index (κ1) is 13.0. The van der Waals surface area contributed by atoms with Crippen LogP contribution in [0, 0.1) is 0 Å². The quantitative estimate of drug-likeness (QED) is 0.794. The van der Waals surface area contributed by atoms with Crippen LogP contribution >= 0.6 is 0 Å². The molecule has 1 aromatic heterocycles. The van der Waals surface area contributed by atoms with E-state index < -0.39 is 0 Å². The molecule has 0 radical (unpaired) electrons. The molecule has 0 bridgehead atoms. The van der Waals surface area contributed by atoms with E-state index in [4.69, 9.17) is 11.5 Å². The second kappa shape index (κ2) is 6.44. The minimum Gasteiger partial charge on any atom is -0.329 e. The Balaban J connectivity index is 2.24. The third-order valence-corrected chi connectivity index (χ3v) is 3.02. The second-order valence-electron chi connectivity index (χ2n) is 4.34. The molecule has 0 saturated carbocycles. The largest absolute Gasteiger partial charge is 0.329 e. The van der Waals surface area contributed by atoms with E-state index in [2.05, 4.69) is 22.0 Å². The topological polar surface area (TPSA) is 68.2 Å². The summed E-state index contributed by atoms with van der Waals surface area (Å²) in [6, 6.07) is 10.3. The van der Waals surface area contributed by atoms with Gasteiger partial charge in [-0.25, -0.2) is 0 Å². The number of hydrogen-bond acceptors (Lipinski definition) is 4. The van der Waals surface area contributed by atoms with Crippen LogP contribution < -0.4 is 11.5 Å². The molecule has 4 nitrogen and oxygen atoms in total. The van der Waals surface area contributed by atoms with Gasteiger partial charge in [-0.05, 0) is 17.7 Å². The Hall–Kier alpha value is -1.49. The summed E-state index contributed by atoms with van der Waals surface area (Å²) in [7, 11) is 0. The van der Waals surface area contributed by atoms with Gasteiger partial charge in [0.25, 0.3) is 0 Å². The smallest absolute Gasteiger partial charge is 0.0705 e. The summed E-state index contributed by atoms with van der Waals surface area (Å²) in [4.78, 5) is 6.65. The summed E-state index contributed by atoms with van der Waals surface area (Å²) in [5.41, 5.74) is 13.6. The molecule has 0 atom stereocenters. The van der Waals surface area contributed by atoms with Gasteiger partial charge in [-0.15, -0.1) is 0 Å². The number of pyridine rings is 1. The fourth-order valence-electron chi connectivity index (χ4n) is 2.17. The van der Waals surface area contributed by atoms with E-state index in [0.29, 0.717) is 13.1 Å². The highest BCUT2D eigenvalue weighted by molar-refractivity contribution is 5.81. The first-order chi connectivity index (χ1) is 8.85. The second-order valence-corrected chi connectivity index (χ2v) is 4.34. The monoisotopic (exact) mass is 244 g/mol. The van der Waals surface area contributed by atoms with Gasteiger partial charge in [-0.2, -0.15) is 0 Å². The zero-order valence-electron chi connectivity index (χ0n) is 10.5. The average Bonchev–Trinajstić information content (AvgIpc) is 2.40. The van der Waals surface area contributed by atoms with E-state index >= 15 is 0 Å². The van der Waals surface area contributed by atoms with Crippen molar-refractivity contribution in [1.29, 1.82) is 0 Å². The molecule has 4 heteroatoms. The van der Waals surface area contributed by atoms with Crippen molar-refractivity contribution in [1.82, 2.24) is 9.88 Å². The Labute approximate surface area is 108 Å². The van der Waals surface area contributed by atoms with Crippen molar-refractivity contribution in [3.05, 3.63) is 42.1 Å². The molecule has 18 heavy (non-hydrogen) atoms. The van der Waals surface area contributed by atoms with Crippen LogP contribution in [0.15, 0.2) is 36.5 Å². The molecule has 96 valence electrons. The normalized spacial score (nSPS) is 11.3. The predicted octanol–water partition coefficient (Wildman–Crippen LogP) is 0.954. The first-order valence-corrected chi connectivity index (χ1v) is 6.30. The van der Waals surface area contributed by atoms with Crippen LogP contribution in [0.25, 0.3) is 10.9 Å². The summed E-state index contributed by atoms with van der Waals surface area (Å²) in [5.74, 6) is 0. The number of para-hydroxylation sites is 1. The summed E-state index contributed by atoms with van der Waals surface area (Å²) >= 11 is 0. The van der Waals surface area contributed by atoms with E-state index in [1.54, 1.807) is 0 Å². The standard InChI is InChI=1S/C14H20N4/c15-6-9-18(10-7-16)11-12-5-8-17-14-4-2-1-3-13(12)14/h1-5,8H,6-7,9-11,15-16H2. The third-order valence-electron chi connectivity index (χ3n) is 3.02. The van der Waals surface area contributed by atoms with E-state index in [1.807, 2.05) is 24.4 Å². The summed E-state index contributed by atoms with van der Waals surface area (Å²) in [5, 5.41) is 1.21. The van der Waals surface area contributed by atoms with Crippen LogP contribution in [-0.4, -0.2) is 36.1 Å². The van der Waals surface area contributed by atoms with Gasteiger partial charge in [0.15, 0.2) is 0 Å². The molecular weight excluding hydrogens is 224 g/mol. The molecule has 0 fully saturated rings. The van der Waals surface area contributed by atoms with Gasteiger partial charge in [-0.1, -0.05) is 18.2 Å². The highest BCUT2D eigenvalue weighted by Gasteiger charge is 2.07. The number of benzene rings is 1. The molecule has 0 saturated heterocycles. The molecule has 0 aliphatic rings. The Morgan fingerprint density at radius 3 is 2.44 bits per heavy atom. The van der Waals surface area contributed by atoms with Crippen LogP contribution in [0.1, 0.15) is 5.56 Å². The predicted molar refractivity (Wildman–Crippen MR) is 75.1 cm³/mol. The minimum atomic E-state index is 0.656. The summed E-state index contributed by atoms with van der Waals surface area (Å²) < 4.78 is 0. The van der Waals surface area contributed by atoms with Gasteiger partial charge in [-0.3, -0.25) is 9.88 Å². The third kappa shape index (κ3) is 3.04. The van der Waals surface area contributed by atoms with Crippen molar-refractivity contribution in [3.8, 4) is 0 Å². The number of rotatable bonds is 6. The Bertz CT molecular complexity index is 487. The van der Waals surface area contributed by atoms with Crippen molar-refractivity contribution >= 4 is 10.9 Å². The molecule has 2 aromatic rings. The lowest BCUT2D eigenvalue weighted by molar-refractivity contribution is 0.282. The lowest BCUT2D eigenvalue weighted by atomic mass is 10.1. The van der Waals surface area contributed by atoms with Gasteiger partial charge in [0.05, 0.1) is 5.52 Å². The molecule has 1 heterocycles.